The van der Waals surface area contributed by atoms with Crippen LogP contribution in [-0.4, -0.2) is 68.9 Å². The van der Waals surface area contributed by atoms with Crippen LogP contribution in [0.3, 0.4) is 0 Å². The maximum absolute atomic E-state index is 12.3. The highest BCUT2D eigenvalue weighted by molar-refractivity contribution is 7.74. The molecule has 0 N–H and O–H groups in total. The van der Waals surface area contributed by atoms with Crippen LogP contribution in [0.25, 0.3) is 0 Å². The Morgan fingerprint density at radius 3 is 1.43 bits per heavy atom. The molecule has 0 bridgehead atoms. The highest BCUT2D eigenvalue weighted by atomic mass is 31.2. The number of ether oxygens (including phenoxy) is 2. The number of amides is 2. The van der Waals surface area contributed by atoms with Crippen LogP contribution in [-0.2, 0) is 9.47 Å². The molecule has 7 heteroatoms. The van der Waals surface area contributed by atoms with Crippen LogP contribution in [0.4, 0.5) is 9.59 Å². The Bertz CT molecular complexity index is 341. The van der Waals surface area contributed by atoms with Gasteiger partial charge in [0.05, 0.1) is 13.2 Å². The summed E-state index contributed by atoms with van der Waals surface area (Å²) in [5.74, 6) is 0.458. The molecule has 0 spiro atoms. The number of carbonyl (C=O) groups is 2. The molecule has 2 amide bonds. The third kappa shape index (κ3) is 9.47. The Hall–Kier alpha value is -0.400. The molecule has 5 nitrogen and oxygen atoms in total. The first-order valence-electron chi connectivity index (χ1n) is 8.00. The van der Waals surface area contributed by atoms with Gasteiger partial charge in [-0.3, -0.25) is 0 Å². The molecule has 23 heavy (non-hydrogen) atoms. The summed E-state index contributed by atoms with van der Waals surface area (Å²) in [6.07, 6.45) is -1.18. The van der Waals surface area contributed by atoms with Gasteiger partial charge in [-0.15, -0.1) is 15.8 Å². The van der Waals surface area contributed by atoms with E-state index in [1.165, 1.54) is 0 Å². The maximum Gasteiger partial charge on any atom is 0.419 e. The lowest BCUT2D eigenvalue weighted by Crippen LogP contribution is -2.42. The first-order chi connectivity index (χ1) is 10.6. The molecule has 0 aliphatic heterocycles. The maximum atomic E-state index is 12.3. The van der Waals surface area contributed by atoms with Gasteiger partial charge in [0.2, 0.25) is 0 Å². The van der Waals surface area contributed by atoms with Crippen molar-refractivity contribution in [1.29, 1.82) is 0 Å². The summed E-state index contributed by atoms with van der Waals surface area (Å²) >= 11 is 0. The van der Waals surface area contributed by atoms with Crippen LogP contribution in [0.1, 0.15) is 27.7 Å². The standard InChI is InChI=1S/C16H33NO4P2/c1-12(2)10-20-15(18)17(16(19)21-11-13(3)4)9-14(22(5)6)23(7)8/h12-14H,9-11H2,1-8H3. The number of rotatable bonds is 8. The summed E-state index contributed by atoms with van der Waals surface area (Å²) in [4.78, 5) is 25.8. The van der Waals surface area contributed by atoms with Crippen molar-refractivity contribution in [2.45, 2.75) is 33.1 Å². The van der Waals surface area contributed by atoms with Crippen molar-refractivity contribution >= 4 is 28.0 Å². The minimum atomic E-state index is -0.592. The molecule has 136 valence electrons. The molecule has 0 aromatic rings. The molecule has 0 rings (SSSR count). The molecule has 0 saturated carbocycles. The average Bonchev–Trinajstić information content (AvgIpc) is 2.42. The number of nitrogens with zero attached hydrogens (tertiary/aromatic N) is 1. The lowest BCUT2D eigenvalue weighted by molar-refractivity contribution is 0.0677. The van der Waals surface area contributed by atoms with E-state index in [-0.39, 0.29) is 27.7 Å². The van der Waals surface area contributed by atoms with Gasteiger partial charge in [-0.05, 0) is 38.5 Å². The predicted molar refractivity (Wildman–Crippen MR) is 100 cm³/mol. The summed E-state index contributed by atoms with van der Waals surface area (Å²) in [7, 11) is -0.515. The third-order valence-electron chi connectivity index (χ3n) is 3.06. The van der Waals surface area contributed by atoms with E-state index in [2.05, 4.69) is 26.7 Å². The van der Waals surface area contributed by atoms with E-state index in [1.807, 2.05) is 27.7 Å². The lowest BCUT2D eigenvalue weighted by atomic mass is 10.2. The molecule has 0 aromatic heterocycles. The molecular formula is C16H33NO4P2. The Balaban J connectivity index is 5.04. The Kier molecular flexibility index (Phi) is 11.0. The van der Waals surface area contributed by atoms with Crippen LogP contribution in [0.15, 0.2) is 0 Å². The highest BCUT2D eigenvalue weighted by Crippen LogP contribution is 2.50. The highest BCUT2D eigenvalue weighted by Gasteiger charge is 2.30. The zero-order valence-electron chi connectivity index (χ0n) is 15.8. The second-order valence-electron chi connectivity index (χ2n) is 6.96. The number of hydrogen-bond donors (Lipinski definition) is 0. The van der Waals surface area contributed by atoms with Gasteiger partial charge in [-0.25, -0.2) is 14.5 Å². The molecule has 0 fully saturated rings. The zero-order chi connectivity index (χ0) is 18.2. The van der Waals surface area contributed by atoms with Gasteiger partial charge >= 0.3 is 12.2 Å². The Labute approximate surface area is 144 Å². The van der Waals surface area contributed by atoms with E-state index < -0.39 is 12.2 Å². The summed E-state index contributed by atoms with van der Waals surface area (Å²) in [6.45, 7) is 17.6. The van der Waals surface area contributed by atoms with Gasteiger partial charge in [0.15, 0.2) is 0 Å². The molecule has 0 saturated heterocycles. The van der Waals surface area contributed by atoms with E-state index in [4.69, 9.17) is 9.47 Å². The zero-order valence-corrected chi connectivity index (χ0v) is 17.6. The van der Waals surface area contributed by atoms with E-state index in [9.17, 15) is 9.59 Å². The van der Waals surface area contributed by atoms with Gasteiger partial charge in [-0.2, -0.15) is 0 Å². The summed E-state index contributed by atoms with van der Waals surface area (Å²) in [6, 6.07) is 0. The summed E-state index contributed by atoms with van der Waals surface area (Å²) in [5, 5.41) is 0.332. The van der Waals surface area contributed by atoms with E-state index in [1.54, 1.807) is 0 Å². The molecule has 0 heterocycles. The SMILES string of the molecule is CC(C)COC(=O)N(CC(P(C)C)P(C)C)C(=O)OCC(C)C. The Morgan fingerprint density at radius 2 is 1.17 bits per heavy atom. The molecule has 0 aromatic carbocycles. The van der Waals surface area contributed by atoms with E-state index >= 15 is 0 Å². The number of hydrogen-bond acceptors (Lipinski definition) is 4. The van der Waals surface area contributed by atoms with E-state index in [0.29, 0.717) is 25.2 Å². The van der Waals surface area contributed by atoms with Crippen LogP contribution in [0.5, 0.6) is 0 Å². The van der Waals surface area contributed by atoms with Gasteiger partial charge in [0.1, 0.15) is 0 Å². The van der Waals surface area contributed by atoms with Crippen LogP contribution in [0, 0.1) is 11.8 Å². The third-order valence-corrected chi connectivity index (χ3v) is 8.54. The van der Waals surface area contributed by atoms with Crippen LogP contribution >= 0.6 is 15.8 Å². The van der Waals surface area contributed by atoms with Crippen molar-refractivity contribution < 1.29 is 19.1 Å². The number of imide groups is 1. The smallest absolute Gasteiger partial charge is 0.419 e. The van der Waals surface area contributed by atoms with Crippen molar-refractivity contribution in [2.24, 2.45) is 11.8 Å². The molecule has 0 radical (unpaired) electrons. The quantitative estimate of drug-likeness (QED) is 0.586. The second kappa shape index (κ2) is 11.2. The summed E-state index contributed by atoms with van der Waals surface area (Å²) in [5.41, 5.74) is 0. The topological polar surface area (TPSA) is 55.8 Å². The molecular weight excluding hydrogens is 332 g/mol. The fraction of sp³-hybridized carbons (Fsp3) is 0.875. The lowest BCUT2D eigenvalue weighted by Gasteiger charge is -2.30. The van der Waals surface area contributed by atoms with Crippen molar-refractivity contribution in [3.05, 3.63) is 0 Å². The minimum absolute atomic E-state index is 0.229. The van der Waals surface area contributed by atoms with E-state index in [0.717, 1.165) is 4.90 Å². The monoisotopic (exact) mass is 365 g/mol. The second-order valence-corrected chi connectivity index (χ2v) is 12.5. The minimum Gasteiger partial charge on any atom is -0.449 e. The van der Waals surface area contributed by atoms with Crippen molar-refractivity contribution in [2.75, 3.05) is 46.4 Å². The first-order valence-corrected chi connectivity index (χ1v) is 12.6. The molecule has 0 aliphatic rings. The predicted octanol–water partition coefficient (Wildman–Crippen LogP) is 4.68. The van der Waals surface area contributed by atoms with Crippen molar-refractivity contribution in [3.8, 4) is 0 Å². The normalized spacial score (nSPS) is 11.7. The van der Waals surface area contributed by atoms with Gasteiger partial charge in [0, 0.05) is 11.9 Å². The van der Waals surface area contributed by atoms with Crippen molar-refractivity contribution in [3.63, 3.8) is 0 Å². The Morgan fingerprint density at radius 1 is 0.826 bits per heavy atom. The fourth-order valence-electron chi connectivity index (χ4n) is 1.81. The van der Waals surface area contributed by atoms with Crippen LogP contribution < -0.4 is 0 Å². The fourth-order valence-corrected chi connectivity index (χ4v) is 6.48. The molecule has 0 aliphatic carbocycles. The molecule has 0 unspecified atom stereocenters. The van der Waals surface area contributed by atoms with Gasteiger partial charge in [-0.1, -0.05) is 27.7 Å². The molecule has 0 atom stereocenters. The largest absolute Gasteiger partial charge is 0.449 e. The van der Waals surface area contributed by atoms with Gasteiger partial charge in [0.25, 0.3) is 0 Å². The summed E-state index contributed by atoms with van der Waals surface area (Å²) < 4.78 is 10.5. The average molecular weight is 365 g/mol. The van der Waals surface area contributed by atoms with Crippen LogP contribution in [0.2, 0.25) is 0 Å². The van der Waals surface area contributed by atoms with Crippen molar-refractivity contribution in [1.82, 2.24) is 4.90 Å². The number of carbonyl (C=O) groups excluding carboxylic acids is 2. The first kappa shape index (κ1) is 22.6. The van der Waals surface area contributed by atoms with Gasteiger partial charge < -0.3 is 9.47 Å².